The van der Waals surface area contributed by atoms with Crippen molar-refractivity contribution in [3.8, 4) is 0 Å². The van der Waals surface area contributed by atoms with Crippen LogP contribution in [0.3, 0.4) is 0 Å². The average Bonchev–Trinajstić information content (AvgIpc) is 2.84. The summed E-state index contributed by atoms with van der Waals surface area (Å²) in [5.74, 6) is -0.133. The van der Waals surface area contributed by atoms with Gasteiger partial charge in [0.2, 0.25) is 5.91 Å². The molecule has 3 aromatic carbocycles. The van der Waals surface area contributed by atoms with Gasteiger partial charge in [-0.2, -0.15) is 0 Å². The zero-order valence-corrected chi connectivity index (χ0v) is 18.0. The minimum absolute atomic E-state index is 0.0805. The maximum atomic E-state index is 12.8. The first-order valence-corrected chi connectivity index (χ1v) is 11.1. The normalized spacial score (nSPS) is 15.8. The lowest BCUT2D eigenvalue weighted by Crippen LogP contribution is -2.42. The fraction of sp³-hybridized carbons (Fsp3) is 0.259. The van der Waals surface area contributed by atoms with Crippen LogP contribution in [0, 0.1) is 0 Å². The van der Waals surface area contributed by atoms with E-state index in [2.05, 4.69) is 5.32 Å². The van der Waals surface area contributed by atoms with E-state index in [0.717, 1.165) is 29.7 Å². The lowest BCUT2D eigenvalue weighted by atomic mass is 9.87. The van der Waals surface area contributed by atoms with E-state index >= 15 is 0 Å². The Kier molecular flexibility index (Phi) is 6.66. The van der Waals surface area contributed by atoms with Crippen LogP contribution in [0.5, 0.6) is 0 Å². The van der Waals surface area contributed by atoms with Crippen molar-refractivity contribution < 1.29 is 14.7 Å². The van der Waals surface area contributed by atoms with E-state index in [1.807, 2.05) is 72.8 Å². The summed E-state index contributed by atoms with van der Waals surface area (Å²) in [7, 11) is 0. The van der Waals surface area contributed by atoms with Gasteiger partial charge in [-0.15, -0.1) is 0 Å². The van der Waals surface area contributed by atoms with Gasteiger partial charge in [-0.05, 0) is 48.2 Å². The molecule has 5 heteroatoms. The van der Waals surface area contributed by atoms with Crippen molar-refractivity contribution >= 4 is 17.5 Å². The van der Waals surface area contributed by atoms with E-state index in [4.69, 9.17) is 0 Å². The highest BCUT2D eigenvalue weighted by atomic mass is 16.3. The fourth-order valence-electron chi connectivity index (χ4n) is 4.15. The van der Waals surface area contributed by atoms with Crippen molar-refractivity contribution in [2.45, 2.75) is 31.3 Å². The van der Waals surface area contributed by atoms with Gasteiger partial charge < -0.3 is 15.3 Å². The highest BCUT2D eigenvalue weighted by molar-refractivity contribution is 5.97. The smallest absolute Gasteiger partial charge is 0.251 e. The molecule has 1 heterocycles. The highest BCUT2D eigenvalue weighted by Crippen LogP contribution is 2.26. The molecule has 2 N–H and O–H groups in total. The van der Waals surface area contributed by atoms with Gasteiger partial charge in [0.25, 0.3) is 5.91 Å². The van der Waals surface area contributed by atoms with Crippen molar-refractivity contribution in [1.82, 2.24) is 5.32 Å². The van der Waals surface area contributed by atoms with Gasteiger partial charge in [0.15, 0.2) is 0 Å². The Bertz CT molecular complexity index is 1050. The largest absolute Gasteiger partial charge is 0.383 e. The zero-order chi connectivity index (χ0) is 22.4. The fourth-order valence-corrected chi connectivity index (χ4v) is 4.15. The SMILES string of the molecule is O=C(NCC(O)(Cc1ccccc1)c1ccccc1)c1ccc(N2CCCCC2=O)cc1. The Morgan fingerprint density at radius 1 is 0.906 bits per heavy atom. The van der Waals surface area contributed by atoms with Crippen molar-refractivity contribution in [2.75, 3.05) is 18.0 Å². The number of aliphatic hydroxyl groups is 1. The van der Waals surface area contributed by atoms with Crippen LogP contribution in [-0.2, 0) is 16.8 Å². The molecule has 0 saturated carbocycles. The molecule has 1 unspecified atom stereocenters. The number of anilines is 1. The molecule has 4 rings (SSSR count). The van der Waals surface area contributed by atoms with Crippen molar-refractivity contribution in [2.24, 2.45) is 0 Å². The lowest BCUT2D eigenvalue weighted by Gasteiger charge is -2.29. The Hall–Kier alpha value is -3.44. The van der Waals surface area contributed by atoms with E-state index in [1.165, 1.54) is 0 Å². The Balaban J connectivity index is 1.47. The van der Waals surface area contributed by atoms with E-state index < -0.39 is 5.60 Å². The summed E-state index contributed by atoms with van der Waals surface area (Å²) in [4.78, 5) is 26.7. The molecule has 0 spiro atoms. The van der Waals surface area contributed by atoms with Crippen molar-refractivity contribution in [3.05, 3.63) is 102 Å². The van der Waals surface area contributed by atoms with E-state index in [9.17, 15) is 14.7 Å². The number of carbonyl (C=O) groups is 2. The second kappa shape index (κ2) is 9.79. The quantitative estimate of drug-likeness (QED) is 0.596. The van der Waals surface area contributed by atoms with Crippen molar-refractivity contribution in [1.29, 1.82) is 0 Å². The number of nitrogens with zero attached hydrogens (tertiary/aromatic N) is 1. The summed E-state index contributed by atoms with van der Waals surface area (Å²) in [6, 6.07) is 26.2. The predicted molar refractivity (Wildman–Crippen MR) is 125 cm³/mol. The van der Waals surface area contributed by atoms with Gasteiger partial charge >= 0.3 is 0 Å². The Morgan fingerprint density at radius 2 is 1.56 bits per heavy atom. The number of rotatable bonds is 7. The molecule has 1 saturated heterocycles. The van der Waals surface area contributed by atoms with Gasteiger partial charge in [0, 0.05) is 30.6 Å². The van der Waals surface area contributed by atoms with Crippen LogP contribution < -0.4 is 10.2 Å². The third kappa shape index (κ3) is 5.06. The molecule has 1 atom stereocenters. The van der Waals surface area contributed by atoms with Crippen LogP contribution >= 0.6 is 0 Å². The maximum absolute atomic E-state index is 12.8. The number of hydrogen-bond acceptors (Lipinski definition) is 3. The second-order valence-electron chi connectivity index (χ2n) is 8.29. The average molecular weight is 429 g/mol. The van der Waals surface area contributed by atoms with Crippen LogP contribution in [0.1, 0.15) is 40.7 Å². The molecular formula is C27H28N2O3. The topological polar surface area (TPSA) is 69.6 Å². The van der Waals surface area contributed by atoms with Gasteiger partial charge in [-0.25, -0.2) is 0 Å². The molecule has 5 nitrogen and oxygen atoms in total. The van der Waals surface area contributed by atoms with Crippen LogP contribution in [0.4, 0.5) is 5.69 Å². The van der Waals surface area contributed by atoms with E-state index in [-0.39, 0.29) is 18.4 Å². The summed E-state index contributed by atoms with van der Waals surface area (Å²) in [6.45, 7) is 0.797. The summed E-state index contributed by atoms with van der Waals surface area (Å²) in [5, 5.41) is 14.4. The molecule has 32 heavy (non-hydrogen) atoms. The molecular weight excluding hydrogens is 400 g/mol. The standard InChI is InChI=1S/C27H28N2O3/c30-25-13-7-8-18-29(25)24-16-14-22(15-17-24)26(31)28-20-27(32,23-11-5-2-6-12-23)19-21-9-3-1-4-10-21/h1-6,9-12,14-17,32H,7-8,13,18-20H2,(H,28,31). The Morgan fingerprint density at radius 3 is 2.22 bits per heavy atom. The summed E-state index contributed by atoms with van der Waals surface area (Å²) >= 11 is 0. The first-order valence-electron chi connectivity index (χ1n) is 11.1. The van der Waals surface area contributed by atoms with Gasteiger partial charge in [0.05, 0.1) is 6.54 Å². The molecule has 3 aromatic rings. The second-order valence-corrected chi connectivity index (χ2v) is 8.29. The van der Waals surface area contributed by atoms with Crippen LogP contribution in [-0.4, -0.2) is 30.0 Å². The van der Waals surface area contributed by atoms with Gasteiger partial charge in [0.1, 0.15) is 5.60 Å². The number of piperidine rings is 1. The number of amides is 2. The first kappa shape index (κ1) is 21.8. The first-order chi connectivity index (χ1) is 15.5. The number of nitrogens with one attached hydrogen (secondary N) is 1. The molecule has 0 radical (unpaired) electrons. The molecule has 0 aliphatic carbocycles. The monoisotopic (exact) mass is 428 g/mol. The minimum atomic E-state index is -1.24. The van der Waals surface area contributed by atoms with Gasteiger partial charge in [-0.1, -0.05) is 60.7 Å². The summed E-state index contributed by atoms with van der Waals surface area (Å²) in [6.07, 6.45) is 2.88. The molecule has 1 aliphatic heterocycles. The molecule has 164 valence electrons. The highest BCUT2D eigenvalue weighted by Gasteiger charge is 2.30. The molecule has 0 bridgehead atoms. The zero-order valence-electron chi connectivity index (χ0n) is 18.0. The number of benzene rings is 3. The molecule has 2 amide bonds. The molecule has 0 aromatic heterocycles. The molecule has 1 aliphatic rings. The van der Waals surface area contributed by atoms with Crippen molar-refractivity contribution in [3.63, 3.8) is 0 Å². The minimum Gasteiger partial charge on any atom is -0.383 e. The van der Waals surface area contributed by atoms with Crippen LogP contribution in [0.25, 0.3) is 0 Å². The van der Waals surface area contributed by atoms with E-state index in [1.54, 1.807) is 17.0 Å². The number of hydrogen-bond donors (Lipinski definition) is 2. The van der Waals surface area contributed by atoms with Gasteiger partial charge in [-0.3, -0.25) is 9.59 Å². The predicted octanol–water partition coefficient (Wildman–Crippen LogP) is 4.06. The third-order valence-corrected chi connectivity index (χ3v) is 5.96. The molecule has 1 fully saturated rings. The van der Waals surface area contributed by atoms with E-state index in [0.29, 0.717) is 24.9 Å². The third-order valence-electron chi connectivity index (χ3n) is 5.96. The summed E-state index contributed by atoms with van der Waals surface area (Å²) in [5.41, 5.74) is 1.81. The lowest BCUT2D eigenvalue weighted by molar-refractivity contribution is -0.119. The summed E-state index contributed by atoms with van der Waals surface area (Å²) < 4.78 is 0. The van der Waals surface area contributed by atoms with Crippen LogP contribution in [0.15, 0.2) is 84.9 Å². The maximum Gasteiger partial charge on any atom is 0.251 e. The Labute approximate surface area is 188 Å². The van der Waals surface area contributed by atoms with Crippen LogP contribution in [0.2, 0.25) is 0 Å². The number of carbonyl (C=O) groups excluding carboxylic acids is 2.